The van der Waals surface area contributed by atoms with E-state index in [9.17, 15) is 4.79 Å². The SMILES string of the molecule is CC.CC1CC(NC2CCOCC2)NCN1.CNc1cccc(CN2CCN(CCCC(=O)N(C)C)CC2)c1. The summed E-state index contributed by atoms with van der Waals surface area (Å²) in [7, 11) is 5.60. The molecule has 4 rings (SSSR count). The summed E-state index contributed by atoms with van der Waals surface area (Å²) in [6.07, 6.45) is 5.57. The summed E-state index contributed by atoms with van der Waals surface area (Å²) >= 11 is 0. The number of amides is 1. The minimum Gasteiger partial charge on any atom is -0.388 e. The van der Waals surface area contributed by atoms with Gasteiger partial charge in [0.25, 0.3) is 0 Å². The number of piperazine rings is 1. The molecule has 3 aliphatic rings. The first-order valence-corrected chi connectivity index (χ1v) is 15.1. The molecule has 9 nitrogen and oxygen atoms in total. The minimum absolute atomic E-state index is 0.230. The van der Waals surface area contributed by atoms with Crippen LogP contribution in [0.25, 0.3) is 0 Å². The second-order valence-corrected chi connectivity index (χ2v) is 10.8. The van der Waals surface area contributed by atoms with Crippen molar-refractivity contribution in [1.29, 1.82) is 0 Å². The van der Waals surface area contributed by atoms with Crippen molar-refractivity contribution < 1.29 is 9.53 Å². The molecular formula is C30H57N7O2. The Morgan fingerprint density at radius 1 is 1.08 bits per heavy atom. The molecule has 224 valence electrons. The third-order valence-corrected chi connectivity index (χ3v) is 7.50. The molecule has 1 amide bonds. The van der Waals surface area contributed by atoms with E-state index in [4.69, 9.17) is 4.74 Å². The molecule has 4 N–H and O–H groups in total. The van der Waals surface area contributed by atoms with E-state index < -0.39 is 0 Å². The highest BCUT2D eigenvalue weighted by Crippen LogP contribution is 2.14. The molecule has 0 aromatic heterocycles. The summed E-state index contributed by atoms with van der Waals surface area (Å²) in [5.74, 6) is 0.230. The molecule has 3 heterocycles. The zero-order valence-electron chi connectivity index (χ0n) is 25.6. The Balaban J connectivity index is 0.000000284. The lowest BCUT2D eigenvalue weighted by Crippen LogP contribution is -2.58. The molecule has 2 atom stereocenters. The Bertz CT molecular complexity index is 780. The van der Waals surface area contributed by atoms with E-state index in [0.29, 0.717) is 24.7 Å². The number of ether oxygens (including phenoxy) is 1. The summed E-state index contributed by atoms with van der Waals surface area (Å²) in [5, 5.41) is 13.7. The first kappa shape index (κ1) is 33.5. The molecule has 9 heteroatoms. The average Bonchev–Trinajstić information content (AvgIpc) is 2.96. The Kier molecular flexibility index (Phi) is 16.6. The van der Waals surface area contributed by atoms with Gasteiger partial charge in [0, 0.05) is 97.9 Å². The smallest absolute Gasteiger partial charge is 0.222 e. The van der Waals surface area contributed by atoms with Crippen molar-refractivity contribution in [3.63, 3.8) is 0 Å². The number of nitrogens with zero attached hydrogens (tertiary/aromatic N) is 3. The molecule has 1 aromatic rings. The van der Waals surface area contributed by atoms with Crippen LogP contribution in [-0.4, -0.2) is 113 Å². The zero-order valence-corrected chi connectivity index (χ0v) is 25.6. The van der Waals surface area contributed by atoms with Gasteiger partial charge < -0.3 is 25.2 Å². The standard InChI is InChI=1S/C18H30N4O.C10H21N3O.C2H6/c1-19-17-7-4-6-16(14-17)15-22-12-10-21(11-13-22)9-5-8-18(23)20(2)3;1-8-6-10(12-7-11-8)13-9-2-4-14-5-3-9;1-2/h4,6-7,14,19H,5,8-13,15H2,1-3H3;8-13H,2-7H2,1H3;1-2H3. The number of rotatable bonds is 9. The van der Waals surface area contributed by atoms with Gasteiger partial charge in [-0.3, -0.25) is 20.3 Å². The average molecular weight is 548 g/mol. The predicted octanol–water partition coefficient (Wildman–Crippen LogP) is 2.75. The fourth-order valence-electron chi connectivity index (χ4n) is 5.08. The van der Waals surface area contributed by atoms with Crippen LogP contribution in [-0.2, 0) is 16.1 Å². The van der Waals surface area contributed by atoms with Crippen LogP contribution in [0.1, 0.15) is 58.4 Å². The van der Waals surface area contributed by atoms with Crippen LogP contribution in [0.2, 0.25) is 0 Å². The van der Waals surface area contributed by atoms with E-state index in [-0.39, 0.29) is 5.91 Å². The van der Waals surface area contributed by atoms with Gasteiger partial charge in [-0.25, -0.2) is 0 Å². The van der Waals surface area contributed by atoms with Crippen LogP contribution < -0.4 is 21.3 Å². The van der Waals surface area contributed by atoms with Gasteiger partial charge in [-0.05, 0) is 56.8 Å². The molecule has 3 saturated heterocycles. The molecule has 0 aliphatic carbocycles. The molecule has 1 aromatic carbocycles. The second kappa shape index (κ2) is 19.3. The Hall–Kier alpha value is -1.75. The third-order valence-electron chi connectivity index (χ3n) is 7.50. The van der Waals surface area contributed by atoms with Crippen LogP contribution in [0.3, 0.4) is 0 Å². The van der Waals surface area contributed by atoms with Crippen molar-refractivity contribution >= 4 is 11.6 Å². The van der Waals surface area contributed by atoms with Gasteiger partial charge in [0.15, 0.2) is 0 Å². The minimum atomic E-state index is 0.230. The molecule has 3 aliphatic heterocycles. The maximum Gasteiger partial charge on any atom is 0.222 e. The van der Waals surface area contributed by atoms with Crippen LogP contribution in [0.15, 0.2) is 24.3 Å². The highest BCUT2D eigenvalue weighted by atomic mass is 16.5. The largest absolute Gasteiger partial charge is 0.388 e. The van der Waals surface area contributed by atoms with Crippen LogP contribution in [0.4, 0.5) is 5.69 Å². The maximum atomic E-state index is 11.6. The van der Waals surface area contributed by atoms with E-state index in [1.807, 2.05) is 35.0 Å². The van der Waals surface area contributed by atoms with Crippen molar-refractivity contribution in [2.45, 2.75) is 77.7 Å². The highest BCUT2D eigenvalue weighted by molar-refractivity contribution is 5.75. The van der Waals surface area contributed by atoms with Gasteiger partial charge >= 0.3 is 0 Å². The van der Waals surface area contributed by atoms with Crippen molar-refractivity contribution in [1.82, 2.24) is 30.7 Å². The lowest BCUT2D eigenvalue weighted by atomic mass is 10.1. The van der Waals surface area contributed by atoms with Crippen LogP contribution >= 0.6 is 0 Å². The number of benzene rings is 1. The molecular weight excluding hydrogens is 490 g/mol. The Morgan fingerprint density at radius 3 is 2.41 bits per heavy atom. The van der Waals surface area contributed by atoms with E-state index in [2.05, 4.69) is 62.3 Å². The quantitative estimate of drug-likeness (QED) is 0.376. The summed E-state index contributed by atoms with van der Waals surface area (Å²) in [5.41, 5.74) is 2.54. The van der Waals surface area contributed by atoms with E-state index in [1.54, 1.807) is 4.90 Å². The second-order valence-electron chi connectivity index (χ2n) is 10.8. The number of carbonyl (C=O) groups excluding carboxylic acids is 1. The van der Waals surface area contributed by atoms with Crippen molar-refractivity contribution in [3.8, 4) is 0 Å². The zero-order chi connectivity index (χ0) is 28.5. The number of carbonyl (C=O) groups is 1. The Morgan fingerprint density at radius 2 is 1.77 bits per heavy atom. The van der Waals surface area contributed by atoms with Gasteiger partial charge in [0.05, 0.1) is 6.17 Å². The summed E-state index contributed by atoms with van der Waals surface area (Å²) < 4.78 is 5.34. The highest BCUT2D eigenvalue weighted by Gasteiger charge is 2.22. The predicted molar refractivity (Wildman–Crippen MR) is 163 cm³/mol. The summed E-state index contributed by atoms with van der Waals surface area (Å²) in [6, 6.07) is 9.88. The fraction of sp³-hybridized carbons (Fsp3) is 0.767. The van der Waals surface area contributed by atoms with Gasteiger partial charge in [-0.2, -0.15) is 0 Å². The molecule has 0 radical (unpaired) electrons. The Labute approximate surface area is 238 Å². The monoisotopic (exact) mass is 547 g/mol. The van der Waals surface area contributed by atoms with Gasteiger partial charge in [-0.1, -0.05) is 26.0 Å². The number of nitrogens with one attached hydrogen (secondary N) is 4. The van der Waals surface area contributed by atoms with Gasteiger partial charge in [-0.15, -0.1) is 0 Å². The fourth-order valence-corrected chi connectivity index (χ4v) is 5.08. The normalized spacial score (nSPS) is 22.6. The van der Waals surface area contributed by atoms with E-state index in [1.165, 1.54) is 11.3 Å². The third kappa shape index (κ3) is 13.4. The maximum absolute atomic E-state index is 11.6. The molecule has 2 unspecified atom stereocenters. The van der Waals surface area contributed by atoms with Crippen molar-refractivity contribution in [2.24, 2.45) is 0 Å². The first-order valence-electron chi connectivity index (χ1n) is 15.1. The van der Waals surface area contributed by atoms with E-state index in [0.717, 1.165) is 84.8 Å². The van der Waals surface area contributed by atoms with Crippen molar-refractivity contribution in [2.75, 3.05) is 79.1 Å². The summed E-state index contributed by atoms with van der Waals surface area (Å²) in [4.78, 5) is 18.2. The molecule has 0 bridgehead atoms. The van der Waals surface area contributed by atoms with Crippen LogP contribution in [0.5, 0.6) is 0 Å². The molecule has 39 heavy (non-hydrogen) atoms. The van der Waals surface area contributed by atoms with Crippen LogP contribution in [0, 0.1) is 0 Å². The molecule has 0 saturated carbocycles. The van der Waals surface area contributed by atoms with Gasteiger partial charge in [0.1, 0.15) is 0 Å². The number of hydrogen-bond acceptors (Lipinski definition) is 8. The van der Waals surface area contributed by atoms with E-state index >= 15 is 0 Å². The van der Waals surface area contributed by atoms with Gasteiger partial charge in [0.2, 0.25) is 5.91 Å². The lowest BCUT2D eigenvalue weighted by Gasteiger charge is -2.34. The topological polar surface area (TPSA) is 84.1 Å². The number of hydrogen-bond donors (Lipinski definition) is 4. The first-order chi connectivity index (χ1) is 18.9. The van der Waals surface area contributed by atoms with Crippen molar-refractivity contribution in [3.05, 3.63) is 29.8 Å². The lowest BCUT2D eigenvalue weighted by molar-refractivity contribution is -0.128. The summed E-state index contributed by atoms with van der Waals surface area (Å²) in [6.45, 7) is 15.4. The number of anilines is 1. The molecule has 0 spiro atoms. The molecule has 3 fully saturated rings.